The number of aliphatic hydroxyl groups is 1. The van der Waals surface area contributed by atoms with Crippen molar-refractivity contribution in [2.75, 3.05) is 46.4 Å². The van der Waals surface area contributed by atoms with Crippen molar-refractivity contribution in [3.63, 3.8) is 0 Å². The van der Waals surface area contributed by atoms with Crippen LogP contribution in [0, 0.1) is 5.92 Å². The molecular weight excluding hydrogens is 342 g/mol. The Morgan fingerprint density at radius 1 is 1.30 bits per heavy atom. The smallest absolute Gasteiger partial charge is 0.221 e. The number of ether oxygens (including phenoxy) is 1. The molecule has 2 aliphatic heterocycles. The lowest BCUT2D eigenvalue weighted by molar-refractivity contribution is -0.123. The molecule has 2 fully saturated rings. The topological polar surface area (TPSA) is 65.0 Å². The first kappa shape index (κ1) is 18.7. The van der Waals surface area contributed by atoms with Gasteiger partial charge >= 0.3 is 0 Å². The van der Waals surface area contributed by atoms with Crippen LogP contribution in [-0.4, -0.2) is 73.3 Å². The van der Waals surface area contributed by atoms with Gasteiger partial charge in [-0.25, -0.2) is 0 Å². The Hall–Kier alpha value is -1.63. The molecule has 2 heterocycles. The largest absolute Gasteiger partial charge is 0.493 e. The molecule has 2 N–H and O–H groups in total. The monoisotopic (exact) mass is 373 g/mol. The fourth-order valence-electron chi connectivity index (χ4n) is 4.35. The first-order valence-corrected chi connectivity index (χ1v) is 10.2. The summed E-state index contributed by atoms with van der Waals surface area (Å²) in [6.07, 6.45) is 2.76. The summed E-state index contributed by atoms with van der Waals surface area (Å²) in [5, 5.41) is 13.0. The molecule has 0 radical (unpaired) electrons. The summed E-state index contributed by atoms with van der Waals surface area (Å²) < 4.78 is 5.61. The zero-order valence-corrected chi connectivity index (χ0v) is 16.2. The summed E-state index contributed by atoms with van der Waals surface area (Å²) in [6, 6.07) is 6.26. The molecular formula is C21H31N3O3. The molecule has 1 aromatic rings. The number of hydrogen-bond donors (Lipinski definition) is 2. The van der Waals surface area contributed by atoms with Gasteiger partial charge in [-0.15, -0.1) is 0 Å². The number of carbonyl (C=O) groups excluding carboxylic acids is 1. The minimum atomic E-state index is -0.225. The van der Waals surface area contributed by atoms with E-state index in [2.05, 4.69) is 34.3 Å². The molecule has 6 nitrogen and oxygen atoms in total. The second-order valence-electron chi connectivity index (χ2n) is 8.29. The molecule has 27 heavy (non-hydrogen) atoms. The molecule has 0 aromatic heterocycles. The van der Waals surface area contributed by atoms with Crippen molar-refractivity contribution in [3.8, 4) is 5.75 Å². The van der Waals surface area contributed by atoms with Gasteiger partial charge in [0.15, 0.2) is 0 Å². The third-order valence-electron chi connectivity index (χ3n) is 6.26. The van der Waals surface area contributed by atoms with E-state index >= 15 is 0 Å². The Morgan fingerprint density at radius 2 is 2.07 bits per heavy atom. The number of carbonyl (C=O) groups is 1. The molecule has 1 saturated carbocycles. The van der Waals surface area contributed by atoms with Crippen molar-refractivity contribution < 1.29 is 14.6 Å². The molecule has 1 saturated heterocycles. The normalized spacial score (nSPS) is 26.7. The average molecular weight is 373 g/mol. The highest BCUT2D eigenvalue weighted by Crippen LogP contribution is 2.39. The van der Waals surface area contributed by atoms with Gasteiger partial charge in [-0.05, 0) is 49.1 Å². The van der Waals surface area contributed by atoms with Gasteiger partial charge < -0.3 is 25.0 Å². The van der Waals surface area contributed by atoms with Crippen molar-refractivity contribution in [1.82, 2.24) is 15.1 Å². The summed E-state index contributed by atoms with van der Waals surface area (Å²) in [5.74, 6) is 1.39. The van der Waals surface area contributed by atoms with Crippen molar-refractivity contribution >= 4 is 5.91 Å². The van der Waals surface area contributed by atoms with Gasteiger partial charge in [-0.3, -0.25) is 4.79 Å². The lowest BCUT2D eigenvalue weighted by atomic mass is 9.75. The third kappa shape index (κ3) is 4.45. The van der Waals surface area contributed by atoms with E-state index < -0.39 is 0 Å². The van der Waals surface area contributed by atoms with E-state index in [0.717, 1.165) is 69.9 Å². The SMILES string of the molecule is CN1CCN(CCC(=O)NC(c2ccc3c(c2)CCO3)C2CC(O)C2)CC1. The lowest BCUT2D eigenvalue weighted by Crippen LogP contribution is -2.46. The Balaban J connectivity index is 1.37. The molecule has 1 unspecified atom stereocenters. The lowest BCUT2D eigenvalue weighted by Gasteiger charge is -2.38. The van der Waals surface area contributed by atoms with Crippen LogP contribution in [0.1, 0.15) is 36.4 Å². The molecule has 0 bridgehead atoms. The second kappa shape index (κ2) is 8.17. The highest BCUT2D eigenvalue weighted by Gasteiger charge is 2.36. The number of amides is 1. The average Bonchev–Trinajstić information content (AvgIpc) is 3.11. The molecule has 148 valence electrons. The van der Waals surface area contributed by atoms with Crippen LogP contribution in [0.2, 0.25) is 0 Å². The van der Waals surface area contributed by atoms with Gasteiger partial charge in [0.1, 0.15) is 5.75 Å². The summed E-state index contributed by atoms with van der Waals surface area (Å²) >= 11 is 0. The minimum Gasteiger partial charge on any atom is -0.493 e. The fourth-order valence-corrected chi connectivity index (χ4v) is 4.35. The van der Waals surface area contributed by atoms with E-state index in [1.807, 2.05) is 6.07 Å². The van der Waals surface area contributed by atoms with Gasteiger partial charge in [-0.2, -0.15) is 0 Å². The number of nitrogens with zero attached hydrogens (tertiary/aromatic N) is 2. The van der Waals surface area contributed by atoms with Gasteiger partial charge in [0.25, 0.3) is 0 Å². The predicted molar refractivity (Wildman–Crippen MR) is 104 cm³/mol. The van der Waals surface area contributed by atoms with Crippen LogP contribution in [0.5, 0.6) is 5.75 Å². The zero-order chi connectivity index (χ0) is 18.8. The Bertz CT molecular complexity index is 667. The highest BCUT2D eigenvalue weighted by molar-refractivity contribution is 5.76. The summed E-state index contributed by atoms with van der Waals surface area (Å²) in [4.78, 5) is 17.4. The van der Waals surface area contributed by atoms with Crippen LogP contribution >= 0.6 is 0 Å². The number of hydrogen-bond acceptors (Lipinski definition) is 5. The maximum absolute atomic E-state index is 12.7. The van der Waals surface area contributed by atoms with E-state index in [1.54, 1.807) is 0 Å². The van der Waals surface area contributed by atoms with E-state index in [1.165, 1.54) is 5.56 Å². The van der Waals surface area contributed by atoms with Gasteiger partial charge in [0, 0.05) is 45.6 Å². The summed E-state index contributed by atoms with van der Waals surface area (Å²) in [6.45, 7) is 5.77. The van der Waals surface area contributed by atoms with Crippen LogP contribution in [0.3, 0.4) is 0 Å². The standard InChI is InChI=1S/C21H31N3O3/c1-23-7-9-24(10-8-23)6-4-20(26)22-21(17-13-18(25)14-17)16-2-3-19-15(12-16)5-11-27-19/h2-3,12,17-18,21,25H,4-11,13-14H2,1H3,(H,22,26). The molecule has 1 atom stereocenters. The molecule has 3 aliphatic rings. The molecule has 4 rings (SSSR count). The Morgan fingerprint density at radius 3 is 2.81 bits per heavy atom. The van der Waals surface area contributed by atoms with Gasteiger partial charge in [-0.1, -0.05) is 6.07 Å². The molecule has 0 spiro atoms. The van der Waals surface area contributed by atoms with E-state index in [9.17, 15) is 9.90 Å². The number of benzene rings is 1. The number of rotatable bonds is 6. The van der Waals surface area contributed by atoms with Crippen LogP contribution < -0.4 is 10.1 Å². The maximum Gasteiger partial charge on any atom is 0.221 e. The third-order valence-corrected chi connectivity index (χ3v) is 6.26. The minimum absolute atomic E-state index is 0.0145. The molecule has 6 heteroatoms. The quantitative estimate of drug-likeness (QED) is 0.784. The summed E-state index contributed by atoms with van der Waals surface area (Å²) in [7, 11) is 2.14. The van der Waals surface area contributed by atoms with Crippen molar-refractivity contribution in [3.05, 3.63) is 29.3 Å². The number of aliphatic hydroxyl groups excluding tert-OH is 1. The van der Waals surface area contributed by atoms with Crippen LogP contribution in [0.25, 0.3) is 0 Å². The number of piperazine rings is 1. The Kier molecular flexibility index (Phi) is 5.66. The van der Waals surface area contributed by atoms with Crippen LogP contribution in [0.15, 0.2) is 18.2 Å². The fraction of sp³-hybridized carbons (Fsp3) is 0.667. The number of fused-ring (bicyclic) bond motifs is 1. The van der Waals surface area contributed by atoms with E-state index in [0.29, 0.717) is 12.3 Å². The Labute approximate surface area is 161 Å². The van der Waals surface area contributed by atoms with Crippen LogP contribution in [-0.2, 0) is 11.2 Å². The zero-order valence-electron chi connectivity index (χ0n) is 16.2. The number of nitrogens with one attached hydrogen (secondary N) is 1. The highest BCUT2D eigenvalue weighted by atomic mass is 16.5. The second-order valence-corrected chi connectivity index (χ2v) is 8.29. The molecule has 1 aliphatic carbocycles. The van der Waals surface area contributed by atoms with Gasteiger partial charge in [0.2, 0.25) is 5.91 Å². The summed E-state index contributed by atoms with van der Waals surface area (Å²) in [5.41, 5.74) is 2.37. The number of likely N-dealkylation sites (N-methyl/N-ethyl adjacent to an activating group) is 1. The first-order valence-electron chi connectivity index (χ1n) is 10.2. The molecule has 1 amide bonds. The van der Waals surface area contributed by atoms with Crippen molar-refractivity contribution in [2.45, 2.75) is 37.8 Å². The van der Waals surface area contributed by atoms with Gasteiger partial charge in [0.05, 0.1) is 18.8 Å². The molecule has 1 aromatic carbocycles. The van der Waals surface area contributed by atoms with Crippen LogP contribution in [0.4, 0.5) is 0 Å². The predicted octanol–water partition coefficient (Wildman–Crippen LogP) is 1.19. The van der Waals surface area contributed by atoms with Crippen molar-refractivity contribution in [2.24, 2.45) is 5.92 Å². The van der Waals surface area contributed by atoms with Crippen molar-refractivity contribution in [1.29, 1.82) is 0 Å². The first-order chi connectivity index (χ1) is 13.1. The maximum atomic E-state index is 12.7. The van der Waals surface area contributed by atoms with E-state index in [4.69, 9.17) is 4.74 Å². The van der Waals surface area contributed by atoms with E-state index in [-0.39, 0.29) is 18.1 Å².